The van der Waals surface area contributed by atoms with Crippen LogP contribution >= 0.6 is 0 Å². The van der Waals surface area contributed by atoms with Crippen LogP contribution in [0.3, 0.4) is 0 Å². The zero-order valence-corrected chi connectivity index (χ0v) is 13.0. The topological polar surface area (TPSA) is 6.48 Å². The summed E-state index contributed by atoms with van der Waals surface area (Å²) in [5.74, 6) is 1.53. The lowest BCUT2D eigenvalue weighted by Gasteiger charge is -2.27. The van der Waals surface area contributed by atoms with Crippen molar-refractivity contribution in [3.05, 3.63) is 35.9 Å². The standard InChI is InChI=1S/C17H28N2/c1-13(2)16-11-19(12-17(16)18(4)5)14(3)15-9-7-6-8-10-15/h6-10,13-14,16-17H,11-12H2,1-5H3/t14-,16-,17-/m1/s1. The summed E-state index contributed by atoms with van der Waals surface area (Å²) < 4.78 is 0. The Labute approximate surface area is 118 Å². The van der Waals surface area contributed by atoms with E-state index in [1.54, 1.807) is 0 Å². The average molecular weight is 260 g/mol. The highest BCUT2D eigenvalue weighted by molar-refractivity contribution is 5.19. The molecule has 0 bridgehead atoms. The summed E-state index contributed by atoms with van der Waals surface area (Å²) >= 11 is 0. The summed E-state index contributed by atoms with van der Waals surface area (Å²) in [6, 6.07) is 12.1. The van der Waals surface area contributed by atoms with Crippen LogP contribution in [0.1, 0.15) is 32.4 Å². The SMILES string of the molecule is CC(C)[C@H]1CN([C@H](C)c2ccccc2)C[C@H]1N(C)C. The molecule has 0 unspecified atom stereocenters. The van der Waals surface area contributed by atoms with Crippen molar-refractivity contribution < 1.29 is 0 Å². The van der Waals surface area contributed by atoms with Crippen LogP contribution in [0.15, 0.2) is 30.3 Å². The van der Waals surface area contributed by atoms with Crippen molar-refractivity contribution in [2.24, 2.45) is 11.8 Å². The van der Waals surface area contributed by atoms with Crippen molar-refractivity contribution in [3.63, 3.8) is 0 Å². The van der Waals surface area contributed by atoms with Gasteiger partial charge in [-0.05, 0) is 38.4 Å². The number of rotatable bonds is 4. The fraction of sp³-hybridized carbons (Fsp3) is 0.647. The molecule has 0 aromatic heterocycles. The third-order valence-electron chi connectivity index (χ3n) is 4.71. The van der Waals surface area contributed by atoms with E-state index in [0.29, 0.717) is 12.1 Å². The molecule has 2 nitrogen and oxygen atoms in total. The van der Waals surface area contributed by atoms with E-state index < -0.39 is 0 Å². The van der Waals surface area contributed by atoms with Crippen LogP contribution in [0.25, 0.3) is 0 Å². The molecule has 0 amide bonds. The summed E-state index contributed by atoms with van der Waals surface area (Å²) in [5, 5.41) is 0. The van der Waals surface area contributed by atoms with Gasteiger partial charge in [0.1, 0.15) is 0 Å². The number of benzene rings is 1. The van der Waals surface area contributed by atoms with Gasteiger partial charge < -0.3 is 4.90 Å². The first kappa shape index (κ1) is 14.5. The monoisotopic (exact) mass is 260 g/mol. The molecule has 0 spiro atoms. The number of nitrogens with zero attached hydrogens (tertiary/aromatic N) is 2. The third-order valence-corrected chi connectivity index (χ3v) is 4.71. The Morgan fingerprint density at radius 2 is 1.68 bits per heavy atom. The molecule has 1 heterocycles. The first-order chi connectivity index (χ1) is 9.00. The van der Waals surface area contributed by atoms with E-state index in [2.05, 4.69) is 75.0 Å². The predicted molar refractivity (Wildman–Crippen MR) is 82.2 cm³/mol. The fourth-order valence-corrected chi connectivity index (χ4v) is 3.30. The predicted octanol–water partition coefficient (Wildman–Crippen LogP) is 3.27. The van der Waals surface area contributed by atoms with Gasteiger partial charge in [0, 0.05) is 25.2 Å². The minimum Gasteiger partial charge on any atom is -0.305 e. The van der Waals surface area contributed by atoms with Gasteiger partial charge in [0.25, 0.3) is 0 Å². The molecule has 19 heavy (non-hydrogen) atoms. The molecular formula is C17H28N2. The van der Waals surface area contributed by atoms with Crippen molar-refractivity contribution >= 4 is 0 Å². The van der Waals surface area contributed by atoms with Crippen LogP contribution in [0.5, 0.6) is 0 Å². The van der Waals surface area contributed by atoms with E-state index in [0.717, 1.165) is 11.8 Å². The molecule has 1 aliphatic heterocycles. The summed E-state index contributed by atoms with van der Waals surface area (Å²) in [4.78, 5) is 5.05. The summed E-state index contributed by atoms with van der Waals surface area (Å²) in [6.07, 6.45) is 0. The van der Waals surface area contributed by atoms with Gasteiger partial charge in [-0.2, -0.15) is 0 Å². The van der Waals surface area contributed by atoms with E-state index in [1.807, 2.05) is 0 Å². The molecule has 0 saturated carbocycles. The molecule has 106 valence electrons. The lowest BCUT2D eigenvalue weighted by atomic mass is 9.91. The van der Waals surface area contributed by atoms with E-state index in [-0.39, 0.29) is 0 Å². The van der Waals surface area contributed by atoms with Crippen LogP contribution in [0.2, 0.25) is 0 Å². The van der Waals surface area contributed by atoms with Crippen molar-refractivity contribution in [1.29, 1.82) is 0 Å². The second-order valence-electron chi connectivity index (χ2n) is 6.48. The lowest BCUT2D eigenvalue weighted by molar-refractivity contribution is 0.213. The van der Waals surface area contributed by atoms with Crippen LogP contribution in [0, 0.1) is 11.8 Å². The quantitative estimate of drug-likeness (QED) is 0.820. The first-order valence-corrected chi connectivity index (χ1v) is 7.46. The summed E-state index contributed by atoms with van der Waals surface area (Å²) in [6.45, 7) is 9.46. The Bertz CT molecular complexity index is 370. The number of hydrogen-bond acceptors (Lipinski definition) is 2. The third kappa shape index (κ3) is 3.18. The normalized spacial score (nSPS) is 26.3. The maximum atomic E-state index is 2.64. The van der Waals surface area contributed by atoms with E-state index in [9.17, 15) is 0 Å². The Morgan fingerprint density at radius 3 is 2.16 bits per heavy atom. The van der Waals surface area contributed by atoms with E-state index in [1.165, 1.54) is 18.7 Å². The molecule has 3 atom stereocenters. The molecule has 2 rings (SSSR count). The van der Waals surface area contributed by atoms with E-state index in [4.69, 9.17) is 0 Å². The van der Waals surface area contributed by atoms with Gasteiger partial charge >= 0.3 is 0 Å². The van der Waals surface area contributed by atoms with Gasteiger partial charge in [-0.1, -0.05) is 44.2 Å². The van der Waals surface area contributed by atoms with Crippen LogP contribution in [-0.4, -0.2) is 43.0 Å². The summed E-state index contributed by atoms with van der Waals surface area (Å²) in [5.41, 5.74) is 1.43. The maximum absolute atomic E-state index is 2.64. The van der Waals surface area contributed by atoms with Crippen molar-refractivity contribution in [3.8, 4) is 0 Å². The van der Waals surface area contributed by atoms with Gasteiger partial charge in [0.15, 0.2) is 0 Å². The molecule has 0 aliphatic carbocycles. The Hall–Kier alpha value is -0.860. The fourth-order valence-electron chi connectivity index (χ4n) is 3.30. The van der Waals surface area contributed by atoms with Crippen molar-refractivity contribution in [2.75, 3.05) is 27.2 Å². The molecule has 2 heteroatoms. The molecule has 1 fully saturated rings. The number of hydrogen-bond donors (Lipinski definition) is 0. The number of likely N-dealkylation sites (N-methyl/N-ethyl adjacent to an activating group) is 1. The largest absolute Gasteiger partial charge is 0.305 e. The lowest BCUT2D eigenvalue weighted by Crippen LogP contribution is -2.37. The van der Waals surface area contributed by atoms with E-state index >= 15 is 0 Å². The van der Waals surface area contributed by atoms with Crippen LogP contribution < -0.4 is 0 Å². The Morgan fingerprint density at radius 1 is 1.05 bits per heavy atom. The van der Waals surface area contributed by atoms with Crippen LogP contribution in [0.4, 0.5) is 0 Å². The highest BCUT2D eigenvalue weighted by Crippen LogP contribution is 2.32. The molecule has 1 saturated heterocycles. The zero-order chi connectivity index (χ0) is 14.0. The summed E-state index contributed by atoms with van der Waals surface area (Å²) in [7, 11) is 4.44. The molecule has 0 radical (unpaired) electrons. The highest BCUT2D eigenvalue weighted by Gasteiger charge is 2.37. The van der Waals surface area contributed by atoms with Gasteiger partial charge in [-0.3, -0.25) is 4.90 Å². The number of likely N-dealkylation sites (tertiary alicyclic amines) is 1. The van der Waals surface area contributed by atoms with Gasteiger partial charge in [-0.25, -0.2) is 0 Å². The molecule has 1 aliphatic rings. The molecular weight excluding hydrogens is 232 g/mol. The minimum absolute atomic E-state index is 0.521. The zero-order valence-electron chi connectivity index (χ0n) is 13.0. The van der Waals surface area contributed by atoms with Crippen LogP contribution in [-0.2, 0) is 0 Å². The Kier molecular flexibility index (Phi) is 4.64. The molecule has 0 N–H and O–H groups in total. The van der Waals surface area contributed by atoms with Crippen molar-refractivity contribution in [2.45, 2.75) is 32.9 Å². The first-order valence-electron chi connectivity index (χ1n) is 7.46. The second-order valence-corrected chi connectivity index (χ2v) is 6.48. The maximum Gasteiger partial charge on any atom is 0.0320 e. The average Bonchev–Trinajstić information content (AvgIpc) is 2.84. The minimum atomic E-state index is 0.521. The van der Waals surface area contributed by atoms with Gasteiger partial charge in [0.2, 0.25) is 0 Å². The second kappa shape index (κ2) is 6.06. The smallest absolute Gasteiger partial charge is 0.0320 e. The van der Waals surface area contributed by atoms with Crippen molar-refractivity contribution in [1.82, 2.24) is 9.80 Å². The Balaban J connectivity index is 2.11. The molecule has 1 aromatic carbocycles. The van der Waals surface area contributed by atoms with Gasteiger partial charge in [0.05, 0.1) is 0 Å². The molecule has 1 aromatic rings. The van der Waals surface area contributed by atoms with Gasteiger partial charge in [-0.15, -0.1) is 0 Å². The highest BCUT2D eigenvalue weighted by atomic mass is 15.3.